The highest BCUT2D eigenvalue weighted by molar-refractivity contribution is 6.35. The molecule has 0 aliphatic carbocycles. The summed E-state index contributed by atoms with van der Waals surface area (Å²) in [7, 11) is 0. The molecule has 0 fully saturated rings. The second-order valence-electron chi connectivity index (χ2n) is 4.71. The van der Waals surface area contributed by atoms with Crippen molar-refractivity contribution in [3.05, 3.63) is 57.5 Å². The highest BCUT2D eigenvalue weighted by Crippen LogP contribution is 2.31. The van der Waals surface area contributed by atoms with Gasteiger partial charge in [-0.05, 0) is 42.8 Å². The van der Waals surface area contributed by atoms with Crippen LogP contribution in [-0.4, -0.2) is 6.54 Å². The Morgan fingerprint density at radius 1 is 1.15 bits per heavy atom. The van der Waals surface area contributed by atoms with Crippen LogP contribution in [0.15, 0.2) is 34.7 Å². The van der Waals surface area contributed by atoms with Crippen molar-refractivity contribution in [2.75, 3.05) is 6.54 Å². The minimum absolute atomic E-state index is 0.0417. The van der Waals surface area contributed by atoms with Crippen molar-refractivity contribution < 1.29 is 4.42 Å². The lowest BCUT2D eigenvalue weighted by Gasteiger charge is -2.18. The summed E-state index contributed by atoms with van der Waals surface area (Å²) in [5, 5.41) is 4.77. The van der Waals surface area contributed by atoms with Crippen LogP contribution in [0.2, 0.25) is 10.0 Å². The highest BCUT2D eigenvalue weighted by atomic mass is 35.5. The zero-order valence-electron chi connectivity index (χ0n) is 11.7. The van der Waals surface area contributed by atoms with Gasteiger partial charge in [-0.15, -0.1) is 0 Å². The maximum absolute atomic E-state index is 6.33. The van der Waals surface area contributed by atoms with E-state index in [1.54, 1.807) is 6.07 Å². The van der Waals surface area contributed by atoms with E-state index in [0.29, 0.717) is 10.0 Å². The zero-order valence-corrected chi connectivity index (χ0v) is 13.3. The number of furan rings is 1. The molecule has 1 N–H and O–H groups in total. The van der Waals surface area contributed by atoms with Crippen LogP contribution in [0.25, 0.3) is 0 Å². The Hall–Kier alpha value is -0.960. The molecule has 1 aromatic carbocycles. The van der Waals surface area contributed by atoms with Gasteiger partial charge in [0, 0.05) is 16.5 Å². The first-order valence-electron chi connectivity index (χ1n) is 6.92. The first kappa shape index (κ1) is 15.4. The van der Waals surface area contributed by atoms with Gasteiger partial charge < -0.3 is 9.73 Å². The lowest BCUT2D eigenvalue weighted by Crippen LogP contribution is -2.23. The van der Waals surface area contributed by atoms with Crippen LogP contribution in [0, 0.1) is 0 Å². The predicted octanol–water partition coefficient (Wildman–Crippen LogP) is 5.24. The van der Waals surface area contributed by atoms with Crippen molar-refractivity contribution >= 4 is 23.2 Å². The molecule has 2 nitrogen and oxygen atoms in total. The van der Waals surface area contributed by atoms with Gasteiger partial charge in [0.05, 0.1) is 6.04 Å². The SMILES string of the molecule is CCCNC(c1ccc(CC)o1)c1ccc(Cl)cc1Cl. The van der Waals surface area contributed by atoms with Gasteiger partial charge >= 0.3 is 0 Å². The van der Waals surface area contributed by atoms with Gasteiger partial charge in [-0.2, -0.15) is 0 Å². The standard InChI is InChI=1S/C16H19Cl2NO/c1-3-9-19-16(15-8-6-12(4-2)20-15)13-7-5-11(17)10-14(13)18/h5-8,10,16,19H,3-4,9H2,1-2H3. The summed E-state index contributed by atoms with van der Waals surface area (Å²) in [6.07, 6.45) is 1.93. The monoisotopic (exact) mass is 311 g/mol. The van der Waals surface area contributed by atoms with Crippen molar-refractivity contribution in [3.63, 3.8) is 0 Å². The lowest BCUT2D eigenvalue weighted by atomic mass is 10.0. The summed E-state index contributed by atoms with van der Waals surface area (Å²) >= 11 is 12.3. The molecule has 0 aliphatic heterocycles. The number of rotatable bonds is 6. The summed E-state index contributed by atoms with van der Waals surface area (Å²) in [4.78, 5) is 0. The van der Waals surface area contributed by atoms with Gasteiger partial charge in [0.25, 0.3) is 0 Å². The molecule has 1 unspecified atom stereocenters. The molecule has 0 amide bonds. The first-order chi connectivity index (χ1) is 9.65. The third kappa shape index (κ3) is 3.57. The van der Waals surface area contributed by atoms with Crippen LogP contribution in [0.1, 0.15) is 43.4 Å². The van der Waals surface area contributed by atoms with Crippen LogP contribution < -0.4 is 5.32 Å². The van der Waals surface area contributed by atoms with E-state index in [2.05, 4.69) is 19.2 Å². The Morgan fingerprint density at radius 3 is 2.55 bits per heavy atom. The van der Waals surface area contributed by atoms with Gasteiger partial charge in [0.2, 0.25) is 0 Å². The molecule has 108 valence electrons. The van der Waals surface area contributed by atoms with Crippen LogP contribution in [-0.2, 0) is 6.42 Å². The average Bonchev–Trinajstić information content (AvgIpc) is 2.90. The molecule has 0 saturated heterocycles. The topological polar surface area (TPSA) is 25.2 Å². The fourth-order valence-corrected chi connectivity index (χ4v) is 2.65. The fourth-order valence-electron chi connectivity index (χ4n) is 2.13. The molecule has 1 aromatic heterocycles. The molecule has 1 heterocycles. The maximum atomic E-state index is 6.33. The quantitative estimate of drug-likeness (QED) is 0.789. The summed E-state index contributed by atoms with van der Waals surface area (Å²) in [5.74, 6) is 1.87. The molecule has 0 radical (unpaired) electrons. The molecule has 1 atom stereocenters. The minimum Gasteiger partial charge on any atom is -0.464 e. The first-order valence-corrected chi connectivity index (χ1v) is 7.68. The van der Waals surface area contributed by atoms with E-state index in [4.69, 9.17) is 27.6 Å². The molecule has 4 heteroatoms. The Bertz CT molecular complexity index is 565. The lowest BCUT2D eigenvalue weighted by molar-refractivity contribution is 0.422. The zero-order chi connectivity index (χ0) is 14.5. The van der Waals surface area contributed by atoms with Gasteiger partial charge in [-0.3, -0.25) is 0 Å². The number of benzene rings is 1. The van der Waals surface area contributed by atoms with Gasteiger partial charge in [-0.25, -0.2) is 0 Å². The summed E-state index contributed by atoms with van der Waals surface area (Å²) < 4.78 is 5.88. The third-order valence-electron chi connectivity index (χ3n) is 3.19. The van der Waals surface area contributed by atoms with Crippen molar-refractivity contribution in [2.45, 2.75) is 32.7 Å². The average molecular weight is 312 g/mol. The van der Waals surface area contributed by atoms with E-state index in [9.17, 15) is 0 Å². The number of nitrogens with one attached hydrogen (secondary N) is 1. The Morgan fingerprint density at radius 2 is 1.95 bits per heavy atom. The van der Waals surface area contributed by atoms with Crippen LogP contribution in [0.5, 0.6) is 0 Å². The van der Waals surface area contributed by atoms with E-state index in [1.807, 2.05) is 24.3 Å². The summed E-state index contributed by atoms with van der Waals surface area (Å²) in [6.45, 7) is 5.10. The van der Waals surface area contributed by atoms with E-state index >= 15 is 0 Å². The molecule has 0 saturated carbocycles. The van der Waals surface area contributed by atoms with Crippen molar-refractivity contribution in [2.24, 2.45) is 0 Å². The van der Waals surface area contributed by atoms with Crippen molar-refractivity contribution in [1.29, 1.82) is 0 Å². The highest BCUT2D eigenvalue weighted by Gasteiger charge is 2.19. The second kappa shape index (κ2) is 7.16. The Labute approximate surface area is 130 Å². The molecule has 2 rings (SSSR count). The summed E-state index contributed by atoms with van der Waals surface area (Å²) in [6, 6.07) is 9.55. The molecule has 2 aromatic rings. The molecular weight excluding hydrogens is 293 g/mol. The number of hydrogen-bond donors (Lipinski definition) is 1. The van der Waals surface area contributed by atoms with E-state index in [-0.39, 0.29) is 6.04 Å². The van der Waals surface area contributed by atoms with Gasteiger partial charge in [0.15, 0.2) is 0 Å². The Balaban J connectivity index is 2.35. The van der Waals surface area contributed by atoms with Gasteiger partial charge in [0.1, 0.15) is 11.5 Å². The van der Waals surface area contributed by atoms with E-state index < -0.39 is 0 Å². The molecule has 0 bridgehead atoms. The van der Waals surface area contributed by atoms with Crippen LogP contribution >= 0.6 is 23.2 Å². The fraction of sp³-hybridized carbons (Fsp3) is 0.375. The largest absolute Gasteiger partial charge is 0.464 e. The third-order valence-corrected chi connectivity index (χ3v) is 3.75. The van der Waals surface area contributed by atoms with Crippen molar-refractivity contribution in [1.82, 2.24) is 5.32 Å². The van der Waals surface area contributed by atoms with E-state index in [1.165, 1.54) is 0 Å². The van der Waals surface area contributed by atoms with Crippen molar-refractivity contribution in [3.8, 4) is 0 Å². The maximum Gasteiger partial charge on any atom is 0.125 e. The van der Waals surface area contributed by atoms with Crippen LogP contribution in [0.4, 0.5) is 0 Å². The molecular formula is C16H19Cl2NO. The molecule has 0 aliphatic rings. The molecule has 20 heavy (non-hydrogen) atoms. The normalized spacial score (nSPS) is 12.6. The summed E-state index contributed by atoms with van der Waals surface area (Å²) in [5.41, 5.74) is 0.988. The Kier molecular flexibility index (Phi) is 5.53. The van der Waals surface area contributed by atoms with Crippen LogP contribution in [0.3, 0.4) is 0 Å². The number of aryl methyl sites for hydroxylation is 1. The number of halogens is 2. The number of hydrogen-bond acceptors (Lipinski definition) is 2. The molecule has 0 spiro atoms. The minimum atomic E-state index is -0.0417. The second-order valence-corrected chi connectivity index (χ2v) is 5.55. The predicted molar refractivity (Wildman–Crippen MR) is 84.7 cm³/mol. The van der Waals surface area contributed by atoms with E-state index in [0.717, 1.165) is 36.5 Å². The smallest absolute Gasteiger partial charge is 0.125 e. The van der Waals surface area contributed by atoms with Gasteiger partial charge in [-0.1, -0.05) is 43.1 Å².